The predicted molar refractivity (Wildman–Crippen MR) is 189 cm³/mol. The Bertz CT molecular complexity index is 1500. The van der Waals surface area contributed by atoms with Gasteiger partial charge in [0.1, 0.15) is 10.7 Å². The highest BCUT2D eigenvalue weighted by Crippen LogP contribution is 2.32. The van der Waals surface area contributed by atoms with Crippen LogP contribution in [-0.4, -0.2) is 62.1 Å². The van der Waals surface area contributed by atoms with Crippen LogP contribution in [0.1, 0.15) is 112 Å². The number of hydrogen-bond donors (Lipinski definition) is 1. The number of carbonyl (C=O) groups is 4. The number of benzene rings is 1. The van der Waals surface area contributed by atoms with E-state index in [1.165, 1.54) is 18.3 Å². The molecule has 5 atom stereocenters. The topological polar surface area (TPSA) is 123 Å². The molecule has 11 heteroatoms. The van der Waals surface area contributed by atoms with E-state index in [2.05, 4.69) is 41.3 Å². The van der Waals surface area contributed by atoms with E-state index in [1.807, 2.05) is 45.9 Å². The third kappa shape index (κ3) is 10.8. The Labute approximate surface area is 289 Å². The molecule has 0 aliphatic heterocycles. The van der Waals surface area contributed by atoms with Gasteiger partial charge in [0.25, 0.3) is 5.91 Å². The van der Waals surface area contributed by atoms with Gasteiger partial charge in [-0.2, -0.15) is 0 Å². The van der Waals surface area contributed by atoms with Crippen molar-refractivity contribution < 1.29 is 23.9 Å². The fourth-order valence-corrected chi connectivity index (χ4v) is 6.96. The largest absolute Gasteiger partial charge is 0.455 e. The summed E-state index contributed by atoms with van der Waals surface area (Å²) in [5.74, 6) is -0.935. The molecular formula is C37H53N5O5S. The number of nitrogens with zero attached hydrogens (tertiary/aromatic N) is 4. The Morgan fingerprint density at radius 3 is 2.29 bits per heavy atom. The number of aromatic nitrogens is 3. The highest BCUT2D eigenvalue weighted by molar-refractivity contribution is 7.09. The number of aryl methyl sites for hydroxylation is 1. The van der Waals surface area contributed by atoms with Crippen LogP contribution in [0.5, 0.6) is 0 Å². The first kappa shape index (κ1) is 38.6. The molecule has 3 aromatic rings. The molecule has 0 radical (unpaired) electrons. The number of amides is 2. The number of nitrogens with one attached hydrogen (secondary N) is 1. The summed E-state index contributed by atoms with van der Waals surface area (Å²) in [5.41, 5.74) is 1.41. The summed E-state index contributed by atoms with van der Waals surface area (Å²) in [5, 5.41) is 5.35. The lowest BCUT2D eigenvalue weighted by molar-refractivity contribution is -0.149. The van der Waals surface area contributed by atoms with Gasteiger partial charge in [-0.05, 0) is 36.2 Å². The summed E-state index contributed by atoms with van der Waals surface area (Å²) in [4.78, 5) is 63.5. The van der Waals surface area contributed by atoms with Crippen LogP contribution in [0.3, 0.4) is 0 Å². The Morgan fingerprint density at radius 1 is 1.04 bits per heavy atom. The molecule has 1 N–H and O–H groups in total. The van der Waals surface area contributed by atoms with Gasteiger partial charge >= 0.3 is 5.97 Å². The molecule has 0 bridgehead atoms. The Hall–Kier alpha value is -3.86. The van der Waals surface area contributed by atoms with Crippen molar-refractivity contribution in [3.63, 3.8) is 0 Å². The zero-order chi connectivity index (χ0) is 35.5. The minimum atomic E-state index is -0.760. The van der Waals surface area contributed by atoms with Gasteiger partial charge in [0.2, 0.25) is 5.91 Å². The van der Waals surface area contributed by atoms with Crippen LogP contribution in [0.25, 0.3) is 0 Å². The van der Waals surface area contributed by atoms with Crippen molar-refractivity contribution in [2.75, 3.05) is 7.05 Å². The average Bonchev–Trinajstić information content (AvgIpc) is 3.70. The molecule has 3 rings (SSSR count). The standard InChI is InChI=1S/C37H53N5O5S/c1-10-25(6)29(20-32(44)34-38-16-17-41(34)8)37(46)42(9)31(24(4)5)21-33(47-26(7)43)36-40-30(22-48-36)35(45)39-28(18-23(2)3)19-27-14-12-11-13-15-27/h11-17,22-25,28-29,31,33H,10,18-21H2,1-9H3,(H,39,45)/t25-,28+,29-,31+,33+/m0/s1. The van der Waals surface area contributed by atoms with Gasteiger partial charge < -0.3 is 19.5 Å². The molecule has 2 aromatic heterocycles. The van der Waals surface area contributed by atoms with Crippen LogP contribution in [0.15, 0.2) is 48.1 Å². The molecule has 262 valence electrons. The van der Waals surface area contributed by atoms with E-state index in [9.17, 15) is 19.2 Å². The Morgan fingerprint density at radius 2 is 1.73 bits per heavy atom. The first-order valence-corrected chi connectivity index (χ1v) is 17.8. The molecule has 0 aliphatic rings. The van der Waals surface area contributed by atoms with Crippen LogP contribution in [0.2, 0.25) is 0 Å². The van der Waals surface area contributed by atoms with Crippen LogP contribution in [0.4, 0.5) is 0 Å². The van der Waals surface area contributed by atoms with Gasteiger partial charge in [-0.1, -0.05) is 78.3 Å². The second-order valence-corrected chi connectivity index (χ2v) is 14.5. The summed E-state index contributed by atoms with van der Waals surface area (Å²) < 4.78 is 7.45. The quantitative estimate of drug-likeness (QED) is 0.118. The first-order valence-electron chi connectivity index (χ1n) is 17.0. The maximum Gasteiger partial charge on any atom is 0.303 e. The lowest BCUT2D eigenvalue weighted by Crippen LogP contribution is -2.46. The molecule has 0 fully saturated rings. The molecule has 0 aliphatic carbocycles. The normalized spacial score (nSPS) is 14.6. The fourth-order valence-electron chi connectivity index (χ4n) is 6.12. The maximum absolute atomic E-state index is 14.1. The zero-order valence-electron chi connectivity index (χ0n) is 29.9. The average molecular weight is 680 g/mol. The van der Waals surface area contributed by atoms with Crippen molar-refractivity contribution in [1.29, 1.82) is 0 Å². The maximum atomic E-state index is 14.1. The molecule has 1 aromatic carbocycles. The lowest BCUT2D eigenvalue weighted by atomic mass is 9.85. The summed E-state index contributed by atoms with van der Waals surface area (Å²) in [6.07, 6.45) is 5.12. The minimum absolute atomic E-state index is 0.00246. The Balaban J connectivity index is 1.81. The van der Waals surface area contributed by atoms with E-state index >= 15 is 0 Å². The number of imidazole rings is 1. The first-order chi connectivity index (χ1) is 22.7. The number of thiazole rings is 1. The van der Waals surface area contributed by atoms with Gasteiger partial charge in [-0.3, -0.25) is 19.2 Å². The molecule has 48 heavy (non-hydrogen) atoms. The highest BCUT2D eigenvalue weighted by Gasteiger charge is 2.36. The van der Waals surface area contributed by atoms with E-state index < -0.39 is 18.0 Å². The highest BCUT2D eigenvalue weighted by atomic mass is 32.1. The van der Waals surface area contributed by atoms with Gasteiger partial charge in [0.15, 0.2) is 17.7 Å². The van der Waals surface area contributed by atoms with Crippen LogP contribution in [-0.2, 0) is 27.8 Å². The van der Waals surface area contributed by atoms with Gasteiger partial charge in [-0.25, -0.2) is 9.97 Å². The third-order valence-electron chi connectivity index (χ3n) is 8.95. The number of ketones is 1. The van der Waals surface area contributed by atoms with E-state index in [1.54, 1.807) is 41.3 Å². The number of rotatable bonds is 18. The lowest BCUT2D eigenvalue weighted by Gasteiger charge is -2.36. The monoisotopic (exact) mass is 679 g/mol. The van der Waals surface area contributed by atoms with E-state index in [0.717, 1.165) is 18.4 Å². The van der Waals surface area contributed by atoms with Gasteiger partial charge in [0, 0.05) is 69.6 Å². The number of Topliss-reactive ketones (excluding diaryl/α,β-unsaturated/α-hetero) is 1. The van der Waals surface area contributed by atoms with Crippen molar-refractivity contribution in [1.82, 2.24) is 24.8 Å². The molecule has 10 nitrogen and oxygen atoms in total. The van der Waals surface area contributed by atoms with E-state index in [4.69, 9.17) is 4.74 Å². The second-order valence-electron chi connectivity index (χ2n) is 13.6. The van der Waals surface area contributed by atoms with Gasteiger partial charge in [-0.15, -0.1) is 11.3 Å². The molecule has 2 heterocycles. The van der Waals surface area contributed by atoms with Crippen LogP contribution >= 0.6 is 11.3 Å². The Kier molecular flexibility index (Phi) is 14.5. The van der Waals surface area contributed by atoms with Crippen LogP contribution in [0, 0.1) is 23.7 Å². The smallest absolute Gasteiger partial charge is 0.303 e. The zero-order valence-corrected chi connectivity index (χ0v) is 30.8. The molecule has 0 saturated carbocycles. The van der Waals surface area contributed by atoms with Crippen molar-refractivity contribution in [2.24, 2.45) is 30.7 Å². The number of esters is 1. The number of carbonyl (C=O) groups excluding carboxylic acids is 4. The second kappa shape index (κ2) is 18.1. The van der Waals surface area contributed by atoms with E-state index in [0.29, 0.717) is 29.6 Å². The fraction of sp³-hybridized carbons (Fsp3) is 0.568. The molecule has 2 amide bonds. The summed E-state index contributed by atoms with van der Waals surface area (Å²) >= 11 is 1.26. The molecule has 0 unspecified atom stereocenters. The van der Waals surface area contributed by atoms with Crippen molar-refractivity contribution in [3.05, 3.63) is 70.2 Å². The summed E-state index contributed by atoms with van der Waals surface area (Å²) in [6, 6.07) is 9.67. The van der Waals surface area contributed by atoms with Crippen LogP contribution < -0.4 is 5.32 Å². The van der Waals surface area contributed by atoms with E-state index in [-0.39, 0.29) is 53.6 Å². The minimum Gasteiger partial charge on any atom is -0.455 e. The third-order valence-corrected chi connectivity index (χ3v) is 9.89. The summed E-state index contributed by atoms with van der Waals surface area (Å²) in [7, 11) is 3.51. The SMILES string of the molecule is CC[C@H](C)[C@H](CC(=O)c1nccn1C)C(=O)N(C)[C@H](C[C@@H](OC(C)=O)c1nc(C(=O)N[C@@H](Cc2ccccc2)CC(C)C)cs1)C(C)C. The van der Waals surface area contributed by atoms with Gasteiger partial charge in [0.05, 0.1) is 0 Å². The number of ether oxygens (including phenoxy) is 1. The van der Waals surface area contributed by atoms with Crippen molar-refractivity contribution in [3.8, 4) is 0 Å². The predicted octanol–water partition coefficient (Wildman–Crippen LogP) is 6.68. The van der Waals surface area contributed by atoms with Crippen molar-refractivity contribution in [2.45, 2.75) is 98.8 Å². The number of hydrogen-bond acceptors (Lipinski definition) is 8. The molecular weight excluding hydrogens is 627 g/mol. The molecule has 0 spiro atoms. The summed E-state index contributed by atoms with van der Waals surface area (Å²) in [6.45, 7) is 13.6. The molecule has 0 saturated heterocycles. The van der Waals surface area contributed by atoms with Crippen molar-refractivity contribution >= 4 is 34.9 Å².